The number of hydrogen-bond donors (Lipinski definition) is 1. The van der Waals surface area contributed by atoms with Crippen molar-refractivity contribution in [2.75, 3.05) is 32.2 Å². The van der Waals surface area contributed by atoms with Gasteiger partial charge in [0.15, 0.2) is 0 Å². The van der Waals surface area contributed by atoms with Crippen LogP contribution in [0.2, 0.25) is 0 Å². The minimum Gasteiger partial charge on any atom is -0.475 e. The highest BCUT2D eigenvalue weighted by Gasteiger charge is 2.32. The molecule has 8 heteroatoms. The minimum atomic E-state index is -0.326. The van der Waals surface area contributed by atoms with Crippen molar-refractivity contribution < 1.29 is 23.9 Å². The predicted molar refractivity (Wildman–Crippen MR) is 119 cm³/mol. The van der Waals surface area contributed by atoms with E-state index < -0.39 is 0 Å². The maximum atomic E-state index is 12.9. The average molecular weight is 433 g/mol. The van der Waals surface area contributed by atoms with E-state index in [1.165, 1.54) is 11.1 Å². The first-order valence-corrected chi connectivity index (χ1v) is 10.3. The monoisotopic (exact) mass is 433 g/mol. The van der Waals surface area contributed by atoms with Crippen molar-refractivity contribution in [2.45, 2.75) is 12.8 Å². The van der Waals surface area contributed by atoms with Gasteiger partial charge in [-0.25, -0.2) is 4.98 Å². The van der Waals surface area contributed by atoms with Gasteiger partial charge in [0.1, 0.15) is 6.61 Å². The topological polar surface area (TPSA) is 97.8 Å². The fraction of sp³-hybridized carbons (Fsp3) is 0.250. The largest absolute Gasteiger partial charge is 0.475 e. The van der Waals surface area contributed by atoms with Gasteiger partial charge in [0, 0.05) is 42.7 Å². The number of nitrogens with zero attached hydrogens (tertiary/aromatic N) is 2. The maximum absolute atomic E-state index is 12.9. The molecule has 32 heavy (non-hydrogen) atoms. The summed E-state index contributed by atoms with van der Waals surface area (Å²) in [5, 5.41) is 4.32. The van der Waals surface area contributed by atoms with Crippen LogP contribution in [-0.2, 0) is 9.53 Å². The number of carbonyl (C=O) groups is 3. The summed E-state index contributed by atoms with van der Waals surface area (Å²) >= 11 is 0. The number of carbonyl (C=O) groups excluding carboxylic acids is 3. The molecule has 0 bridgehead atoms. The molecule has 2 aromatic carbocycles. The molecule has 0 saturated carbocycles. The molecule has 1 aliphatic rings. The second kappa shape index (κ2) is 9.57. The van der Waals surface area contributed by atoms with E-state index in [0.29, 0.717) is 47.7 Å². The molecule has 4 rings (SSSR count). The van der Waals surface area contributed by atoms with Crippen molar-refractivity contribution in [2.24, 2.45) is 0 Å². The molecule has 0 fully saturated rings. The van der Waals surface area contributed by atoms with Crippen LogP contribution in [0, 0.1) is 0 Å². The van der Waals surface area contributed by atoms with Crippen LogP contribution in [0.5, 0.6) is 5.88 Å². The summed E-state index contributed by atoms with van der Waals surface area (Å²) in [7, 11) is 1.59. The molecule has 0 unspecified atom stereocenters. The number of methoxy groups -OCH3 is 1. The standard InChI is InChI=1S/C24H23N3O5/c1-31-13-14-32-21-11-10-17(15-25-21)26-20(28)9-4-12-27-23(29)18-7-2-5-16-6-3-8-19(22(16)18)24(27)30/h2-3,5-8,10-11,15H,4,9,12-14H2,1H3,(H,26,28). The maximum Gasteiger partial charge on any atom is 0.261 e. The Labute approximate surface area is 185 Å². The van der Waals surface area contributed by atoms with E-state index in [0.717, 1.165) is 5.39 Å². The molecule has 0 radical (unpaired) electrons. The molecule has 1 aromatic heterocycles. The van der Waals surface area contributed by atoms with Gasteiger partial charge in [0.05, 0.1) is 18.5 Å². The third kappa shape index (κ3) is 4.45. The molecule has 0 saturated heterocycles. The lowest BCUT2D eigenvalue weighted by molar-refractivity contribution is -0.116. The number of nitrogens with one attached hydrogen (secondary N) is 1. The van der Waals surface area contributed by atoms with Gasteiger partial charge in [-0.3, -0.25) is 19.3 Å². The molecule has 164 valence electrons. The second-order valence-corrected chi connectivity index (χ2v) is 7.35. The van der Waals surface area contributed by atoms with E-state index in [2.05, 4.69) is 10.3 Å². The number of rotatable bonds is 9. The van der Waals surface area contributed by atoms with Gasteiger partial charge in [-0.1, -0.05) is 24.3 Å². The Kier molecular flexibility index (Phi) is 6.42. The second-order valence-electron chi connectivity index (χ2n) is 7.35. The molecule has 3 amide bonds. The lowest BCUT2D eigenvalue weighted by atomic mass is 9.94. The summed E-state index contributed by atoms with van der Waals surface area (Å²) in [6, 6.07) is 14.2. The lowest BCUT2D eigenvalue weighted by Crippen LogP contribution is -2.41. The highest BCUT2D eigenvalue weighted by molar-refractivity contribution is 6.25. The highest BCUT2D eigenvalue weighted by Crippen LogP contribution is 2.30. The molecule has 8 nitrogen and oxygen atoms in total. The van der Waals surface area contributed by atoms with Gasteiger partial charge in [0.25, 0.3) is 11.8 Å². The van der Waals surface area contributed by atoms with Crippen molar-refractivity contribution >= 4 is 34.2 Å². The zero-order valence-corrected chi connectivity index (χ0v) is 17.7. The molecule has 1 aliphatic heterocycles. The highest BCUT2D eigenvalue weighted by atomic mass is 16.5. The van der Waals surface area contributed by atoms with Crippen LogP contribution in [0.4, 0.5) is 5.69 Å². The SMILES string of the molecule is COCCOc1ccc(NC(=O)CCCN2C(=O)c3cccc4cccc(c34)C2=O)cn1. The molecule has 1 N–H and O–H groups in total. The summed E-state index contributed by atoms with van der Waals surface area (Å²) in [5.41, 5.74) is 1.57. The number of imide groups is 1. The fourth-order valence-corrected chi connectivity index (χ4v) is 3.67. The van der Waals surface area contributed by atoms with Crippen molar-refractivity contribution in [1.82, 2.24) is 9.88 Å². The zero-order valence-electron chi connectivity index (χ0n) is 17.7. The molecule has 3 aromatic rings. The third-order valence-corrected chi connectivity index (χ3v) is 5.20. The number of ether oxygens (including phenoxy) is 2. The summed E-state index contributed by atoms with van der Waals surface area (Å²) in [6.07, 6.45) is 2.03. The van der Waals surface area contributed by atoms with Crippen LogP contribution in [0.25, 0.3) is 10.8 Å². The van der Waals surface area contributed by atoms with Gasteiger partial charge in [0.2, 0.25) is 11.8 Å². The van der Waals surface area contributed by atoms with Crippen LogP contribution in [0.3, 0.4) is 0 Å². The average Bonchev–Trinajstić information content (AvgIpc) is 2.81. The smallest absolute Gasteiger partial charge is 0.261 e. The predicted octanol–water partition coefficient (Wildman–Crippen LogP) is 3.27. The van der Waals surface area contributed by atoms with E-state index in [1.54, 1.807) is 31.4 Å². The first kappa shape index (κ1) is 21.5. The number of amides is 3. The van der Waals surface area contributed by atoms with E-state index in [4.69, 9.17) is 9.47 Å². The van der Waals surface area contributed by atoms with Crippen LogP contribution in [0.15, 0.2) is 54.7 Å². The quantitative estimate of drug-likeness (QED) is 0.411. The number of hydrogen-bond acceptors (Lipinski definition) is 6. The molecule has 2 heterocycles. The Bertz CT molecular complexity index is 1110. The van der Waals surface area contributed by atoms with E-state index >= 15 is 0 Å². The number of pyridine rings is 1. The van der Waals surface area contributed by atoms with Gasteiger partial charge in [-0.2, -0.15) is 0 Å². The number of aromatic nitrogens is 1. The third-order valence-electron chi connectivity index (χ3n) is 5.20. The molecular weight excluding hydrogens is 410 g/mol. The van der Waals surface area contributed by atoms with Crippen molar-refractivity contribution in [3.05, 3.63) is 65.9 Å². The van der Waals surface area contributed by atoms with E-state index in [9.17, 15) is 14.4 Å². The lowest BCUT2D eigenvalue weighted by Gasteiger charge is -2.27. The zero-order chi connectivity index (χ0) is 22.5. The fourth-order valence-electron chi connectivity index (χ4n) is 3.67. The summed E-state index contributed by atoms with van der Waals surface area (Å²) < 4.78 is 10.3. The number of benzene rings is 2. The van der Waals surface area contributed by atoms with Gasteiger partial charge < -0.3 is 14.8 Å². The van der Waals surface area contributed by atoms with Crippen LogP contribution in [0.1, 0.15) is 33.6 Å². The van der Waals surface area contributed by atoms with Gasteiger partial charge in [-0.15, -0.1) is 0 Å². The van der Waals surface area contributed by atoms with Crippen LogP contribution >= 0.6 is 0 Å². The van der Waals surface area contributed by atoms with Gasteiger partial charge in [-0.05, 0) is 30.0 Å². The summed E-state index contributed by atoms with van der Waals surface area (Å²) in [4.78, 5) is 43.4. The Balaban J connectivity index is 1.32. The van der Waals surface area contributed by atoms with E-state index in [1.807, 2.05) is 24.3 Å². The Morgan fingerprint density at radius 1 is 1.00 bits per heavy atom. The van der Waals surface area contributed by atoms with Crippen molar-refractivity contribution in [3.63, 3.8) is 0 Å². The molecule has 0 atom stereocenters. The Morgan fingerprint density at radius 3 is 2.34 bits per heavy atom. The van der Waals surface area contributed by atoms with Crippen LogP contribution < -0.4 is 10.1 Å². The normalized spacial score (nSPS) is 12.8. The summed E-state index contributed by atoms with van der Waals surface area (Å²) in [6.45, 7) is 1.02. The summed E-state index contributed by atoms with van der Waals surface area (Å²) in [5.74, 6) is -0.433. The van der Waals surface area contributed by atoms with Gasteiger partial charge >= 0.3 is 0 Å². The molecule has 0 aliphatic carbocycles. The molecule has 0 spiro atoms. The first-order chi connectivity index (χ1) is 15.6. The van der Waals surface area contributed by atoms with Crippen LogP contribution in [-0.4, -0.2) is 54.5 Å². The van der Waals surface area contributed by atoms with Crippen molar-refractivity contribution in [3.8, 4) is 5.88 Å². The van der Waals surface area contributed by atoms with E-state index in [-0.39, 0.29) is 30.7 Å². The Hall–Kier alpha value is -3.78. The number of anilines is 1. The van der Waals surface area contributed by atoms with Crippen molar-refractivity contribution in [1.29, 1.82) is 0 Å². The Morgan fingerprint density at radius 2 is 1.72 bits per heavy atom. The minimum absolute atomic E-state index is 0.162. The first-order valence-electron chi connectivity index (χ1n) is 10.3. The molecular formula is C24H23N3O5.